The summed E-state index contributed by atoms with van der Waals surface area (Å²) in [5, 5.41) is 0. The summed E-state index contributed by atoms with van der Waals surface area (Å²) in [7, 11) is 0. The van der Waals surface area contributed by atoms with Crippen molar-refractivity contribution in [3.05, 3.63) is 23.3 Å². The number of hydrogen-bond donors (Lipinski definition) is 0. The second-order valence-electron chi connectivity index (χ2n) is 14.1. The van der Waals surface area contributed by atoms with Crippen LogP contribution in [0.15, 0.2) is 23.3 Å². The van der Waals surface area contributed by atoms with Gasteiger partial charge in [0.1, 0.15) is 6.10 Å². The minimum atomic E-state index is -0.111. The van der Waals surface area contributed by atoms with Gasteiger partial charge in [0.05, 0.1) is 0 Å². The molecule has 9 unspecified atom stereocenters. The van der Waals surface area contributed by atoms with E-state index in [1.54, 1.807) is 18.1 Å². The molecule has 0 aromatic rings. The molecule has 0 amide bonds. The molecule has 0 spiro atoms. The van der Waals surface area contributed by atoms with Crippen molar-refractivity contribution in [3.8, 4) is 0 Å². The molecule has 0 saturated heterocycles. The Hall–Kier alpha value is -1.05. The third kappa shape index (κ3) is 4.27. The Morgan fingerprint density at radius 2 is 1.80 bits per heavy atom. The number of carbonyl (C=O) groups is 1. The summed E-state index contributed by atoms with van der Waals surface area (Å²) >= 11 is 0. The first kappa shape index (κ1) is 27.0. The van der Waals surface area contributed by atoms with Crippen LogP contribution in [0.25, 0.3) is 0 Å². The zero-order chi connectivity index (χ0) is 25.8. The second-order valence-corrected chi connectivity index (χ2v) is 14.1. The number of hydrogen-bond acceptors (Lipinski definition) is 2. The van der Waals surface area contributed by atoms with Crippen LogP contribution in [0.1, 0.15) is 120 Å². The zero-order valence-corrected chi connectivity index (χ0v) is 24.4. The molecule has 2 heteroatoms. The lowest BCUT2D eigenvalue weighted by Crippen LogP contribution is -2.55. The van der Waals surface area contributed by atoms with E-state index in [0.717, 1.165) is 24.2 Å². The highest BCUT2D eigenvalue weighted by Gasteiger charge is 2.64. The van der Waals surface area contributed by atoms with Gasteiger partial charge in [0.2, 0.25) is 0 Å². The topological polar surface area (TPSA) is 26.3 Å². The van der Waals surface area contributed by atoms with Crippen LogP contribution in [0.5, 0.6) is 0 Å². The van der Waals surface area contributed by atoms with E-state index in [1.165, 1.54) is 51.4 Å². The molecular weight excluding hydrogens is 428 g/mol. The number of allylic oxidation sites excluding steroid dienone is 4. The van der Waals surface area contributed by atoms with Crippen molar-refractivity contribution in [1.29, 1.82) is 0 Å². The summed E-state index contributed by atoms with van der Waals surface area (Å²) in [6.07, 6.45) is 16.7. The van der Waals surface area contributed by atoms with Crippen LogP contribution in [0.2, 0.25) is 0 Å². The SMILES string of the molecule is CC=C(CCC(C)C1CCC2(C)C3CCC4C(C)C(OC(C)=O)CCC4(C)C3=CCC12C)C(C)C. The van der Waals surface area contributed by atoms with Gasteiger partial charge in [-0.25, -0.2) is 0 Å². The largest absolute Gasteiger partial charge is 0.462 e. The van der Waals surface area contributed by atoms with E-state index in [1.807, 2.05) is 0 Å². The highest BCUT2D eigenvalue weighted by molar-refractivity contribution is 5.66. The highest BCUT2D eigenvalue weighted by atomic mass is 16.5. The fourth-order valence-corrected chi connectivity index (χ4v) is 10.0. The number of carbonyl (C=O) groups excluding carboxylic acids is 1. The van der Waals surface area contributed by atoms with Crippen molar-refractivity contribution in [2.75, 3.05) is 0 Å². The molecule has 0 aromatic carbocycles. The summed E-state index contributed by atoms with van der Waals surface area (Å²) in [5.41, 5.74) is 4.55. The Kier molecular flexibility index (Phi) is 7.47. The van der Waals surface area contributed by atoms with Gasteiger partial charge in [0.15, 0.2) is 0 Å². The maximum absolute atomic E-state index is 11.7. The van der Waals surface area contributed by atoms with E-state index in [4.69, 9.17) is 4.74 Å². The molecule has 2 nitrogen and oxygen atoms in total. The molecular formula is C33H54O2. The number of esters is 1. The van der Waals surface area contributed by atoms with Crippen molar-refractivity contribution in [1.82, 2.24) is 0 Å². The Morgan fingerprint density at radius 1 is 1.09 bits per heavy atom. The minimum absolute atomic E-state index is 0.108. The van der Waals surface area contributed by atoms with Crippen LogP contribution in [0.3, 0.4) is 0 Å². The molecule has 0 aromatic heterocycles. The number of ether oxygens (including phenoxy) is 1. The monoisotopic (exact) mass is 482 g/mol. The molecule has 0 N–H and O–H groups in total. The summed E-state index contributed by atoms with van der Waals surface area (Å²) in [5.74, 6) is 4.02. The molecule has 198 valence electrons. The third-order valence-corrected chi connectivity index (χ3v) is 12.4. The maximum atomic E-state index is 11.7. The van der Waals surface area contributed by atoms with Gasteiger partial charge in [-0.1, -0.05) is 71.8 Å². The Bertz CT molecular complexity index is 866. The number of rotatable bonds is 6. The molecule has 4 aliphatic rings. The Labute approximate surface area is 216 Å². The molecule has 35 heavy (non-hydrogen) atoms. The quantitative estimate of drug-likeness (QED) is 0.279. The smallest absolute Gasteiger partial charge is 0.302 e. The standard InChI is InChI=1S/C33H54O2/c1-10-25(21(2)3)12-11-22(4)26-15-19-33(9)29-14-13-27-23(5)30(35-24(6)34)17-18-31(27,7)28(29)16-20-32(26,33)8/h10,16,21-23,26-27,29-30H,11-15,17-20H2,1-9H3. The average Bonchev–Trinajstić information content (AvgIpc) is 3.07. The first-order valence-corrected chi connectivity index (χ1v) is 14.9. The summed E-state index contributed by atoms with van der Waals surface area (Å²) in [4.78, 5) is 11.7. The second kappa shape index (κ2) is 9.68. The van der Waals surface area contributed by atoms with E-state index in [0.29, 0.717) is 28.6 Å². The lowest BCUT2D eigenvalue weighted by atomic mass is 9.43. The molecule has 0 aliphatic heterocycles. The Balaban J connectivity index is 1.56. The molecule has 0 radical (unpaired) electrons. The molecule has 0 bridgehead atoms. The van der Waals surface area contributed by atoms with Crippen LogP contribution in [0.4, 0.5) is 0 Å². The van der Waals surface area contributed by atoms with Crippen LogP contribution in [-0.2, 0) is 9.53 Å². The van der Waals surface area contributed by atoms with E-state index < -0.39 is 0 Å². The molecule has 3 fully saturated rings. The molecule has 4 aliphatic carbocycles. The van der Waals surface area contributed by atoms with Crippen molar-refractivity contribution < 1.29 is 9.53 Å². The third-order valence-electron chi connectivity index (χ3n) is 12.4. The predicted molar refractivity (Wildman–Crippen MR) is 147 cm³/mol. The maximum Gasteiger partial charge on any atom is 0.302 e. The van der Waals surface area contributed by atoms with Gasteiger partial charge in [0.25, 0.3) is 0 Å². The minimum Gasteiger partial charge on any atom is -0.462 e. The fourth-order valence-electron chi connectivity index (χ4n) is 10.0. The van der Waals surface area contributed by atoms with Gasteiger partial charge in [-0.15, -0.1) is 0 Å². The van der Waals surface area contributed by atoms with E-state index in [-0.39, 0.29) is 17.5 Å². The van der Waals surface area contributed by atoms with Crippen molar-refractivity contribution in [3.63, 3.8) is 0 Å². The summed E-state index contributed by atoms with van der Waals surface area (Å²) in [6.45, 7) is 21.3. The van der Waals surface area contributed by atoms with E-state index in [2.05, 4.69) is 67.5 Å². The van der Waals surface area contributed by atoms with E-state index in [9.17, 15) is 4.79 Å². The molecule has 0 heterocycles. The molecule has 3 saturated carbocycles. The van der Waals surface area contributed by atoms with Crippen molar-refractivity contribution >= 4 is 5.97 Å². The van der Waals surface area contributed by atoms with Crippen LogP contribution in [0, 0.1) is 51.8 Å². The first-order valence-electron chi connectivity index (χ1n) is 14.9. The van der Waals surface area contributed by atoms with Gasteiger partial charge >= 0.3 is 5.97 Å². The van der Waals surface area contributed by atoms with E-state index >= 15 is 0 Å². The van der Waals surface area contributed by atoms with Gasteiger partial charge in [0, 0.05) is 6.92 Å². The van der Waals surface area contributed by atoms with Crippen LogP contribution >= 0.6 is 0 Å². The van der Waals surface area contributed by atoms with Gasteiger partial charge in [-0.05, 0) is 116 Å². The lowest BCUT2D eigenvalue weighted by molar-refractivity contribution is -0.157. The summed E-state index contributed by atoms with van der Waals surface area (Å²) < 4.78 is 5.78. The zero-order valence-electron chi connectivity index (χ0n) is 24.4. The van der Waals surface area contributed by atoms with Crippen molar-refractivity contribution in [2.45, 2.75) is 126 Å². The van der Waals surface area contributed by atoms with Crippen LogP contribution < -0.4 is 0 Å². The normalized spacial score (nSPS) is 44.2. The predicted octanol–water partition coefficient (Wildman–Crippen LogP) is 9.15. The van der Waals surface area contributed by atoms with Gasteiger partial charge < -0.3 is 4.74 Å². The van der Waals surface area contributed by atoms with Crippen molar-refractivity contribution in [2.24, 2.45) is 51.8 Å². The van der Waals surface area contributed by atoms with Crippen LogP contribution in [-0.4, -0.2) is 12.1 Å². The number of fused-ring (bicyclic) bond motifs is 5. The fraction of sp³-hybridized carbons (Fsp3) is 0.848. The molecule has 9 atom stereocenters. The first-order chi connectivity index (χ1) is 16.4. The van der Waals surface area contributed by atoms with Gasteiger partial charge in [-0.2, -0.15) is 0 Å². The summed E-state index contributed by atoms with van der Waals surface area (Å²) in [6, 6.07) is 0. The molecule has 4 rings (SSSR count). The van der Waals surface area contributed by atoms with Gasteiger partial charge in [-0.3, -0.25) is 4.79 Å². The highest BCUT2D eigenvalue weighted by Crippen LogP contribution is 2.72. The average molecular weight is 483 g/mol. The lowest BCUT2D eigenvalue weighted by Gasteiger charge is -2.62. The Morgan fingerprint density at radius 3 is 2.43 bits per heavy atom.